The molecule has 0 aromatic rings. The molecule has 0 saturated carbocycles. The Morgan fingerprint density at radius 2 is 1.25 bits per heavy atom. The summed E-state index contributed by atoms with van der Waals surface area (Å²) in [4.78, 5) is 48.4. The molecule has 0 spiro atoms. The molecule has 0 aromatic carbocycles. The van der Waals surface area contributed by atoms with Crippen LogP contribution < -0.4 is 21.7 Å². The Labute approximate surface area is 165 Å². The molecule has 6 atom stereocenters. The van der Waals surface area contributed by atoms with Crippen molar-refractivity contribution in [1.29, 1.82) is 0 Å². The first-order chi connectivity index (χ1) is 12.8. The second-order valence-electron chi connectivity index (χ2n) is 7.46. The van der Waals surface area contributed by atoms with Gasteiger partial charge in [0.05, 0.1) is 12.1 Å². The Hall–Kier alpha value is -2.20. The van der Waals surface area contributed by atoms with Crippen molar-refractivity contribution >= 4 is 23.7 Å². The van der Waals surface area contributed by atoms with Crippen LogP contribution in [-0.2, 0) is 19.2 Å². The quantitative estimate of drug-likeness (QED) is 0.256. The van der Waals surface area contributed by atoms with E-state index in [1.807, 2.05) is 6.92 Å². The SMILES string of the molecule is CCC(C)C(NC(=O)C(NC(=O)C(C)N)C(C)C)C(=O)NC(C(=O)O)C(C)O. The molecule has 0 aliphatic carbocycles. The number of amides is 3. The second-order valence-corrected chi connectivity index (χ2v) is 7.46. The Morgan fingerprint density at radius 3 is 1.61 bits per heavy atom. The molecule has 162 valence electrons. The molecule has 0 aliphatic heterocycles. The maximum Gasteiger partial charge on any atom is 0.328 e. The van der Waals surface area contributed by atoms with Crippen molar-refractivity contribution in [2.45, 2.75) is 78.2 Å². The van der Waals surface area contributed by atoms with E-state index in [9.17, 15) is 24.3 Å². The van der Waals surface area contributed by atoms with E-state index in [4.69, 9.17) is 10.8 Å². The molecular weight excluding hydrogens is 368 g/mol. The Balaban J connectivity index is 5.45. The van der Waals surface area contributed by atoms with Gasteiger partial charge in [-0.15, -0.1) is 0 Å². The largest absolute Gasteiger partial charge is 0.480 e. The summed E-state index contributed by atoms with van der Waals surface area (Å²) in [5, 5.41) is 26.1. The molecule has 6 unspecified atom stereocenters. The normalized spacial score (nSPS) is 17.6. The lowest BCUT2D eigenvalue weighted by atomic mass is 9.96. The molecule has 0 fully saturated rings. The fraction of sp³-hybridized carbons (Fsp3) is 0.778. The molecule has 0 radical (unpaired) electrons. The first-order valence-corrected chi connectivity index (χ1v) is 9.40. The van der Waals surface area contributed by atoms with Crippen LogP contribution >= 0.6 is 0 Å². The minimum absolute atomic E-state index is 0.271. The van der Waals surface area contributed by atoms with Crippen molar-refractivity contribution in [3.8, 4) is 0 Å². The van der Waals surface area contributed by atoms with Crippen LogP contribution in [0, 0.1) is 11.8 Å². The minimum Gasteiger partial charge on any atom is -0.480 e. The number of carbonyl (C=O) groups is 4. The molecule has 3 amide bonds. The van der Waals surface area contributed by atoms with Gasteiger partial charge in [0, 0.05) is 0 Å². The van der Waals surface area contributed by atoms with Gasteiger partial charge < -0.3 is 31.9 Å². The van der Waals surface area contributed by atoms with E-state index in [1.165, 1.54) is 13.8 Å². The van der Waals surface area contributed by atoms with Gasteiger partial charge in [0.15, 0.2) is 6.04 Å². The van der Waals surface area contributed by atoms with Gasteiger partial charge in [-0.3, -0.25) is 14.4 Å². The molecule has 10 nitrogen and oxygen atoms in total. The molecule has 7 N–H and O–H groups in total. The predicted octanol–water partition coefficient (Wildman–Crippen LogP) is -1.04. The Kier molecular flexibility index (Phi) is 10.7. The third-order valence-corrected chi connectivity index (χ3v) is 4.50. The second kappa shape index (κ2) is 11.6. The summed E-state index contributed by atoms with van der Waals surface area (Å²) >= 11 is 0. The number of rotatable bonds is 11. The standard InChI is InChI=1S/C18H34N4O6/c1-7-9(4)13(17(26)22-14(11(6)23)18(27)28)21-16(25)12(8(2)3)20-15(24)10(5)19/h8-14,23H,7,19H2,1-6H3,(H,20,24)(H,21,25)(H,22,26)(H,27,28). The lowest BCUT2D eigenvalue weighted by molar-refractivity contribution is -0.145. The minimum atomic E-state index is -1.50. The Bertz CT molecular complexity index is 564. The Morgan fingerprint density at radius 1 is 0.821 bits per heavy atom. The number of hydrogen-bond donors (Lipinski definition) is 6. The number of nitrogens with one attached hydrogen (secondary N) is 3. The van der Waals surface area contributed by atoms with E-state index in [0.717, 1.165) is 0 Å². The highest BCUT2D eigenvalue weighted by Crippen LogP contribution is 2.11. The molecule has 0 heterocycles. The van der Waals surface area contributed by atoms with Crippen LogP contribution in [0.4, 0.5) is 0 Å². The van der Waals surface area contributed by atoms with E-state index >= 15 is 0 Å². The van der Waals surface area contributed by atoms with Gasteiger partial charge in [-0.1, -0.05) is 34.1 Å². The molecule has 0 bridgehead atoms. The molecule has 10 heteroatoms. The zero-order valence-electron chi connectivity index (χ0n) is 17.4. The van der Waals surface area contributed by atoms with Crippen LogP contribution in [0.5, 0.6) is 0 Å². The number of carboxylic acids is 1. The predicted molar refractivity (Wildman–Crippen MR) is 103 cm³/mol. The molecule has 0 rings (SSSR count). The lowest BCUT2D eigenvalue weighted by Gasteiger charge is -2.29. The maximum atomic E-state index is 12.7. The summed E-state index contributed by atoms with van der Waals surface area (Å²) in [6, 6.07) is -4.25. The highest BCUT2D eigenvalue weighted by Gasteiger charge is 2.34. The fourth-order valence-corrected chi connectivity index (χ4v) is 2.40. The van der Waals surface area contributed by atoms with Crippen molar-refractivity contribution in [3.05, 3.63) is 0 Å². The van der Waals surface area contributed by atoms with Gasteiger partial charge in [-0.05, 0) is 25.7 Å². The number of hydrogen-bond acceptors (Lipinski definition) is 6. The smallest absolute Gasteiger partial charge is 0.328 e. The highest BCUT2D eigenvalue weighted by molar-refractivity contribution is 5.94. The van der Waals surface area contributed by atoms with Crippen LogP contribution in [0.2, 0.25) is 0 Å². The number of aliphatic hydroxyl groups is 1. The monoisotopic (exact) mass is 402 g/mol. The number of nitrogens with two attached hydrogens (primary N) is 1. The number of carbonyl (C=O) groups excluding carboxylic acids is 3. The topological polar surface area (TPSA) is 171 Å². The number of aliphatic hydroxyl groups excluding tert-OH is 1. The average Bonchev–Trinajstić information content (AvgIpc) is 2.59. The van der Waals surface area contributed by atoms with Gasteiger partial charge in [0.25, 0.3) is 0 Å². The summed E-state index contributed by atoms with van der Waals surface area (Å²) in [5.41, 5.74) is 5.53. The average molecular weight is 402 g/mol. The summed E-state index contributed by atoms with van der Waals surface area (Å²) < 4.78 is 0. The van der Waals surface area contributed by atoms with E-state index < -0.39 is 54.0 Å². The summed E-state index contributed by atoms with van der Waals surface area (Å²) in [6.45, 7) is 9.75. The van der Waals surface area contributed by atoms with Gasteiger partial charge in [-0.2, -0.15) is 0 Å². The maximum absolute atomic E-state index is 12.7. The van der Waals surface area contributed by atoms with Crippen LogP contribution in [0.25, 0.3) is 0 Å². The molecule has 0 saturated heterocycles. The highest BCUT2D eigenvalue weighted by atomic mass is 16.4. The van der Waals surface area contributed by atoms with E-state index in [0.29, 0.717) is 6.42 Å². The first-order valence-electron chi connectivity index (χ1n) is 9.40. The third-order valence-electron chi connectivity index (χ3n) is 4.50. The van der Waals surface area contributed by atoms with Crippen molar-refractivity contribution in [3.63, 3.8) is 0 Å². The zero-order valence-corrected chi connectivity index (χ0v) is 17.4. The van der Waals surface area contributed by atoms with Crippen molar-refractivity contribution < 1.29 is 29.4 Å². The van der Waals surface area contributed by atoms with Gasteiger partial charge in [0.2, 0.25) is 17.7 Å². The first kappa shape index (κ1) is 25.8. The number of carboxylic acid groups (broad SMARTS) is 1. The lowest BCUT2D eigenvalue weighted by Crippen LogP contribution is -2.60. The van der Waals surface area contributed by atoms with Crippen LogP contribution in [0.1, 0.15) is 48.0 Å². The van der Waals surface area contributed by atoms with Crippen LogP contribution in [0.15, 0.2) is 0 Å². The van der Waals surface area contributed by atoms with E-state index in [-0.39, 0.29) is 11.8 Å². The van der Waals surface area contributed by atoms with Gasteiger partial charge in [0.1, 0.15) is 12.1 Å². The molecule has 0 aromatic heterocycles. The summed E-state index contributed by atoms with van der Waals surface area (Å²) in [6.07, 6.45) is -0.785. The molecule has 0 aliphatic rings. The van der Waals surface area contributed by atoms with Crippen molar-refractivity contribution in [1.82, 2.24) is 16.0 Å². The fourth-order valence-electron chi connectivity index (χ4n) is 2.40. The van der Waals surface area contributed by atoms with E-state index in [2.05, 4.69) is 16.0 Å². The summed E-state index contributed by atoms with van der Waals surface area (Å²) in [7, 11) is 0. The third kappa shape index (κ3) is 7.81. The van der Waals surface area contributed by atoms with Gasteiger partial charge in [-0.25, -0.2) is 4.79 Å². The zero-order chi connectivity index (χ0) is 22.2. The van der Waals surface area contributed by atoms with Crippen LogP contribution in [-0.4, -0.2) is 64.2 Å². The summed E-state index contributed by atoms with van der Waals surface area (Å²) in [5.74, 6) is -3.78. The van der Waals surface area contributed by atoms with Gasteiger partial charge >= 0.3 is 5.97 Å². The van der Waals surface area contributed by atoms with Crippen molar-refractivity contribution in [2.75, 3.05) is 0 Å². The van der Waals surface area contributed by atoms with E-state index in [1.54, 1.807) is 20.8 Å². The molecular formula is C18H34N4O6. The molecule has 28 heavy (non-hydrogen) atoms. The van der Waals surface area contributed by atoms with Crippen LogP contribution in [0.3, 0.4) is 0 Å². The number of aliphatic carboxylic acids is 1. The van der Waals surface area contributed by atoms with Crippen molar-refractivity contribution in [2.24, 2.45) is 17.6 Å².